The van der Waals surface area contributed by atoms with E-state index in [0.717, 1.165) is 13.1 Å². The summed E-state index contributed by atoms with van der Waals surface area (Å²) in [6.45, 7) is 9.37. The molecule has 0 bridgehead atoms. The fourth-order valence-corrected chi connectivity index (χ4v) is 24.2. The summed E-state index contributed by atoms with van der Waals surface area (Å²) in [7, 11) is 0. The van der Waals surface area contributed by atoms with Crippen molar-refractivity contribution in [2.24, 2.45) is 0 Å². The molecule has 21 heavy (non-hydrogen) atoms. The number of thiophene rings is 1. The van der Waals surface area contributed by atoms with E-state index in [2.05, 4.69) is 43.5 Å². The first-order valence-electron chi connectivity index (χ1n) is 9.08. The van der Waals surface area contributed by atoms with Gasteiger partial charge in [0.25, 0.3) is 0 Å². The van der Waals surface area contributed by atoms with Crippen molar-refractivity contribution in [1.82, 2.24) is 5.32 Å². The van der Waals surface area contributed by atoms with E-state index in [-0.39, 0.29) is 0 Å². The van der Waals surface area contributed by atoms with Crippen molar-refractivity contribution < 1.29 is 0 Å². The molecular weight excluding hydrogens is 381 g/mol. The molecule has 1 aliphatic rings. The van der Waals surface area contributed by atoms with Crippen LogP contribution in [0.5, 0.6) is 0 Å². The van der Waals surface area contributed by atoms with Gasteiger partial charge in [0.2, 0.25) is 0 Å². The maximum atomic E-state index is 3.51. The van der Waals surface area contributed by atoms with Crippen LogP contribution in [0.15, 0.2) is 6.07 Å². The van der Waals surface area contributed by atoms with Gasteiger partial charge in [-0.05, 0) is 0 Å². The molecule has 1 aliphatic heterocycles. The molecule has 0 aliphatic carbocycles. The van der Waals surface area contributed by atoms with Crippen molar-refractivity contribution in [1.29, 1.82) is 0 Å². The molecule has 0 saturated heterocycles. The Kier molecular flexibility index (Phi) is 7.57. The number of fused-ring (bicyclic) bond motifs is 1. The van der Waals surface area contributed by atoms with Crippen LogP contribution in [-0.2, 0) is 13.1 Å². The van der Waals surface area contributed by atoms with Gasteiger partial charge >= 0.3 is 140 Å². The monoisotopic (exact) mass is 415 g/mol. The van der Waals surface area contributed by atoms with Crippen molar-refractivity contribution in [3.8, 4) is 0 Å². The third-order valence-corrected chi connectivity index (χ3v) is 24.4. The summed E-state index contributed by atoms with van der Waals surface area (Å²) in [5.41, 5.74) is 1.64. The van der Waals surface area contributed by atoms with Crippen LogP contribution in [0.4, 0.5) is 0 Å². The van der Waals surface area contributed by atoms with E-state index in [1.54, 1.807) is 23.8 Å². The Labute approximate surface area is 139 Å². The maximum absolute atomic E-state index is 3.51. The minimum absolute atomic E-state index is 1.13. The van der Waals surface area contributed by atoms with Crippen LogP contribution in [0.3, 0.4) is 0 Å². The Morgan fingerprint density at radius 2 is 1.52 bits per heavy atom. The van der Waals surface area contributed by atoms with Crippen LogP contribution in [0.25, 0.3) is 0 Å². The summed E-state index contributed by atoms with van der Waals surface area (Å²) in [6, 6.07) is 2.65. The first-order chi connectivity index (χ1) is 10.3. The summed E-state index contributed by atoms with van der Waals surface area (Å²) in [4.78, 5) is 1.66. The average molecular weight is 414 g/mol. The number of unbranched alkanes of at least 4 members (excludes halogenated alkanes) is 3. The molecule has 0 radical (unpaired) electrons. The minimum atomic E-state index is -2.12. The molecule has 0 saturated carbocycles. The van der Waals surface area contributed by atoms with E-state index in [1.165, 1.54) is 38.5 Å². The van der Waals surface area contributed by atoms with Crippen molar-refractivity contribution in [2.45, 2.75) is 85.7 Å². The zero-order chi connectivity index (χ0) is 15.1. The topological polar surface area (TPSA) is 12.0 Å². The zero-order valence-corrected chi connectivity index (χ0v) is 17.9. The second-order valence-corrected chi connectivity index (χ2v) is 22.1. The van der Waals surface area contributed by atoms with E-state index in [1.807, 2.05) is 2.89 Å². The first-order valence-corrected chi connectivity index (χ1v) is 17.4. The standard InChI is InChI=1S/C6H6NS.3C4H9.Sn/c1-2-8-6-4-7-3-5(1)6;3*1-3-4-2;/h1,7H,3-4H2;3*1,3-4H2,2H3;. The van der Waals surface area contributed by atoms with E-state index in [0.29, 0.717) is 0 Å². The molecule has 0 amide bonds. The summed E-state index contributed by atoms with van der Waals surface area (Å²) in [5, 5.41) is 3.51. The number of hydrogen-bond acceptors (Lipinski definition) is 2. The molecule has 0 spiro atoms. The SMILES string of the molecule is CCC[CH2][Sn]([CH2]CCC)([CH2]CCC)[c]1cc2c(s1)CNC2. The average Bonchev–Trinajstić information content (AvgIpc) is 3.08. The van der Waals surface area contributed by atoms with Gasteiger partial charge in [0.15, 0.2) is 0 Å². The molecule has 120 valence electrons. The van der Waals surface area contributed by atoms with Crippen molar-refractivity contribution in [3.05, 3.63) is 16.5 Å². The van der Waals surface area contributed by atoms with Crippen molar-refractivity contribution >= 4 is 32.6 Å². The third kappa shape index (κ3) is 4.48. The Hall–Kier alpha value is 0.459. The quantitative estimate of drug-likeness (QED) is 0.505. The Balaban J connectivity index is 2.24. The fraction of sp³-hybridized carbons (Fsp3) is 0.778. The molecule has 1 N–H and O–H groups in total. The van der Waals surface area contributed by atoms with Gasteiger partial charge < -0.3 is 0 Å². The molecule has 0 atom stereocenters. The van der Waals surface area contributed by atoms with Crippen LogP contribution >= 0.6 is 11.3 Å². The molecule has 0 aromatic carbocycles. The van der Waals surface area contributed by atoms with Crippen molar-refractivity contribution in [2.75, 3.05) is 0 Å². The van der Waals surface area contributed by atoms with Gasteiger partial charge in [0.05, 0.1) is 0 Å². The molecule has 1 nitrogen and oxygen atoms in total. The van der Waals surface area contributed by atoms with E-state index in [9.17, 15) is 0 Å². The fourth-order valence-electron chi connectivity index (χ4n) is 3.63. The van der Waals surface area contributed by atoms with Crippen LogP contribution in [-0.4, -0.2) is 18.4 Å². The first kappa shape index (κ1) is 17.8. The summed E-state index contributed by atoms with van der Waals surface area (Å²) in [5.74, 6) is 0. The van der Waals surface area contributed by atoms with E-state index < -0.39 is 18.4 Å². The Morgan fingerprint density at radius 3 is 2.00 bits per heavy atom. The van der Waals surface area contributed by atoms with E-state index >= 15 is 0 Å². The van der Waals surface area contributed by atoms with Gasteiger partial charge in [-0.25, -0.2) is 0 Å². The van der Waals surface area contributed by atoms with Gasteiger partial charge in [-0.3, -0.25) is 0 Å². The summed E-state index contributed by atoms with van der Waals surface area (Å²) in [6.07, 6.45) is 8.57. The summed E-state index contributed by atoms with van der Waals surface area (Å²) < 4.78 is 6.75. The van der Waals surface area contributed by atoms with Gasteiger partial charge in [-0.15, -0.1) is 0 Å². The number of nitrogens with one attached hydrogen (secondary N) is 1. The molecule has 1 aromatic rings. The zero-order valence-electron chi connectivity index (χ0n) is 14.3. The van der Waals surface area contributed by atoms with Gasteiger partial charge in [0.1, 0.15) is 0 Å². The third-order valence-electron chi connectivity index (χ3n) is 5.05. The van der Waals surface area contributed by atoms with Crippen molar-refractivity contribution in [3.63, 3.8) is 0 Å². The molecule has 2 rings (SSSR count). The van der Waals surface area contributed by atoms with Gasteiger partial charge in [0, 0.05) is 0 Å². The van der Waals surface area contributed by atoms with Gasteiger partial charge in [-0.1, -0.05) is 0 Å². The second kappa shape index (κ2) is 8.93. The normalized spacial score (nSPS) is 14.6. The number of hydrogen-bond donors (Lipinski definition) is 1. The summed E-state index contributed by atoms with van der Waals surface area (Å²) >= 11 is 0.0938. The van der Waals surface area contributed by atoms with E-state index in [4.69, 9.17) is 0 Å². The van der Waals surface area contributed by atoms with Crippen LogP contribution in [0.2, 0.25) is 13.3 Å². The predicted octanol–water partition coefficient (Wildman–Crippen LogP) is 5.41. The molecule has 0 fully saturated rings. The molecule has 2 heterocycles. The van der Waals surface area contributed by atoms with Crippen LogP contribution < -0.4 is 8.21 Å². The van der Waals surface area contributed by atoms with Gasteiger partial charge in [-0.2, -0.15) is 0 Å². The second-order valence-electron chi connectivity index (χ2n) is 6.75. The van der Waals surface area contributed by atoms with Crippen LogP contribution in [0, 0.1) is 0 Å². The van der Waals surface area contributed by atoms with Crippen LogP contribution in [0.1, 0.15) is 69.7 Å². The molecular formula is C18H33NSSn. The predicted molar refractivity (Wildman–Crippen MR) is 99.4 cm³/mol. The molecule has 0 unspecified atom stereocenters. The number of rotatable bonds is 10. The molecule has 1 aromatic heterocycles. The molecule has 3 heteroatoms. The Morgan fingerprint density at radius 1 is 0.952 bits per heavy atom. The Bertz CT molecular complexity index is 384.